The Morgan fingerprint density at radius 2 is 2.14 bits per heavy atom. The van der Waals surface area contributed by atoms with Crippen LogP contribution in [-0.4, -0.2) is 53.3 Å². The van der Waals surface area contributed by atoms with Crippen LogP contribution in [0.3, 0.4) is 0 Å². The summed E-state index contributed by atoms with van der Waals surface area (Å²) in [5, 5.41) is 10.1. The lowest BCUT2D eigenvalue weighted by Crippen LogP contribution is -2.46. The highest BCUT2D eigenvalue weighted by Crippen LogP contribution is 2.18. The summed E-state index contributed by atoms with van der Waals surface area (Å²) in [5.41, 5.74) is 1.84. The Hall–Kier alpha value is -2.90. The number of benzene rings is 1. The minimum Gasteiger partial charge on any atom is -0.472 e. The number of aromatic nitrogens is 2. The number of hydrogen-bond acceptors (Lipinski definition) is 6. The van der Waals surface area contributed by atoms with Crippen LogP contribution in [-0.2, 0) is 16.0 Å². The van der Waals surface area contributed by atoms with Crippen LogP contribution in [0, 0.1) is 12.8 Å². The number of nitrogens with one attached hydrogen (secondary N) is 1. The maximum Gasteiger partial charge on any atom is 0.278 e. The van der Waals surface area contributed by atoms with Crippen LogP contribution < -0.4 is 10.1 Å². The number of hydrogen-bond donors (Lipinski definition) is 1. The summed E-state index contributed by atoms with van der Waals surface area (Å²) in [6, 6.07) is 10.2. The molecule has 0 radical (unpaired) electrons. The lowest BCUT2D eigenvalue weighted by atomic mass is 9.96. The van der Waals surface area contributed by atoms with E-state index in [-0.39, 0.29) is 24.3 Å². The molecule has 0 unspecified atom stereocenters. The summed E-state index contributed by atoms with van der Waals surface area (Å²) in [6.07, 6.45) is 2.83. The second kappa shape index (κ2) is 9.87. The number of amides is 2. The molecule has 1 fully saturated rings. The van der Waals surface area contributed by atoms with Gasteiger partial charge in [-0.1, -0.05) is 35.5 Å². The molecule has 1 aromatic carbocycles. The molecule has 8 nitrogen and oxygen atoms in total. The molecule has 3 rings (SSSR count). The van der Waals surface area contributed by atoms with E-state index < -0.39 is 0 Å². The van der Waals surface area contributed by atoms with Crippen molar-refractivity contribution in [2.24, 2.45) is 5.92 Å². The van der Waals surface area contributed by atoms with Gasteiger partial charge in [0.1, 0.15) is 12.3 Å². The largest absolute Gasteiger partial charge is 0.472 e. The molecule has 150 valence electrons. The van der Waals surface area contributed by atoms with Crippen molar-refractivity contribution in [3.05, 3.63) is 41.6 Å². The monoisotopic (exact) mass is 386 g/mol. The molecule has 2 amide bonds. The molecule has 28 heavy (non-hydrogen) atoms. The molecule has 0 saturated carbocycles. The minimum absolute atomic E-state index is 0.0424. The van der Waals surface area contributed by atoms with Crippen LogP contribution in [0.1, 0.15) is 30.5 Å². The normalized spacial score (nSPS) is 16.8. The molecule has 0 aliphatic carbocycles. The quantitative estimate of drug-likeness (QED) is 0.660. The van der Waals surface area contributed by atoms with Gasteiger partial charge < -0.3 is 15.0 Å². The SMILES string of the molecule is Cc1nonc1OCCNC(=O)[C@@H]1CCC(=O)N(CCCc2ccccc2)C1. The van der Waals surface area contributed by atoms with Gasteiger partial charge in [0.05, 0.1) is 12.5 Å². The van der Waals surface area contributed by atoms with Crippen molar-refractivity contribution >= 4 is 11.8 Å². The van der Waals surface area contributed by atoms with E-state index in [1.54, 1.807) is 6.92 Å². The summed E-state index contributed by atoms with van der Waals surface area (Å²) < 4.78 is 9.95. The molecule has 1 aromatic heterocycles. The van der Waals surface area contributed by atoms with Gasteiger partial charge in [0.15, 0.2) is 0 Å². The molecular formula is C20H26N4O4. The zero-order valence-corrected chi connectivity index (χ0v) is 16.1. The number of rotatable bonds is 9. The molecule has 1 saturated heterocycles. The first-order chi connectivity index (χ1) is 13.6. The third kappa shape index (κ3) is 5.55. The van der Waals surface area contributed by atoms with Crippen LogP contribution in [0.4, 0.5) is 0 Å². The Morgan fingerprint density at radius 3 is 2.89 bits per heavy atom. The molecule has 2 aromatic rings. The number of carbonyl (C=O) groups excluding carboxylic acids is 2. The van der Waals surface area contributed by atoms with Crippen LogP contribution in [0.2, 0.25) is 0 Å². The maximum absolute atomic E-state index is 12.4. The van der Waals surface area contributed by atoms with Gasteiger partial charge in [-0.05, 0) is 36.9 Å². The highest BCUT2D eigenvalue weighted by molar-refractivity contribution is 5.83. The van der Waals surface area contributed by atoms with E-state index in [2.05, 4.69) is 32.4 Å². The van der Waals surface area contributed by atoms with Crippen molar-refractivity contribution in [1.82, 2.24) is 20.5 Å². The van der Waals surface area contributed by atoms with E-state index in [0.717, 1.165) is 12.8 Å². The average molecular weight is 386 g/mol. The molecule has 1 N–H and O–H groups in total. The van der Waals surface area contributed by atoms with E-state index in [1.807, 2.05) is 23.1 Å². The number of nitrogens with zero attached hydrogens (tertiary/aromatic N) is 3. The predicted molar refractivity (Wildman–Crippen MR) is 102 cm³/mol. The molecule has 1 atom stereocenters. The standard InChI is InChI=1S/C20H26N4O4/c1-15-20(23-28-22-15)27-13-11-21-19(26)17-9-10-18(25)24(14-17)12-5-8-16-6-3-2-4-7-16/h2-4,6-7,17H,5,8-14H2,1H3,(H,21,26)/t17-/m1/s1. The van der Waals surface area contributed by atoms with Crippen molar-refractivity contribution in [2.45, 2.75) is 32.6 Å². The van der Waals surface area contributed by atoms with Crippen molar-refractivity contribution < 1.29 is 19.0 Å². The zero-order chi connectivity index (χ0) is 19.8. The molecule has 1 aliphatic heterocycles. The Kier molecular flexibility index (Phi) is 7.00. The van der Waals surface area contributed by atoms with Crippen molar-refractivity contribution in [1.29, 1.82) is 0 Å². The molecule has 2 heterocycles. The van der Waals surface area contributed by atoms with Crippen molar-refractivity contribution in [2.75, 3.05) is 26.2 Å². The third-order valence-electron chi connectivity index (χ3n) is 4.86. The van der Waals surface area contributed by atoms with E-state index in [1.165, 1.54) is 5.56 Å². The third-order valence-corrected chi connectivity index (χ3v) is 4.86. The number of likely N-dealkylation sites (tertiary alicyclic amines) is 1. The Bertz CT molecular complexity index is 778. The predicted octanol–water partition coefficient (Wildman–Crippen LogP) is 1.74. The fraction of sp³-hybridized carbons (Fsp3) is 0.500. The first-order valence-electron chi connectivity index (χ1n) is 9.65. The van der Waals surface area contributed by atoms with Crippen molar-refractivity contribution in [3.8, 4) is 5.88 Å². The van der Waals surface area contributed by atoms with Crippen LogP contribution in [0.15, 0.2) is 35.0 Å². The molecule has 8 heteroatoms. The van der Waals surface area contributed by atoms with Gasteiger partial charge in [0, 0.05) is 19.5 Å². The smallest absolute Gasteiger partial charge is 0.278 e. The Morgan fingerprint density at radius 1 is 1.32 bits per heavy atom. The Labute approximate surface area is 164 Å². The van der Waals surface area contributed by atoms with Gasteiger partial charge in [0.25, 0.3) is 5.88 Å². The van der Waals surface area contributed by atoms with E-state index in [0.29, 0.717) is 44.0 Å². The van der Waals surface area contributed by atoms with E-state index in [4.69, 9.17) is 4.74 Å². The second-order valence-corrected chi connectivity index (χ2v) is 6.96. The second-order valence-electron chi connectivity index (χ2n) is 6.96. The topological polar surface area (TPSA) is 97.6 Å². The van der Waals surface area contributed by atoms with Gasteiger partial charge in [0.2, 0.25) is 11.8 Å². The number of ether oxygens (including phenoxy) is 1. The van der Waals surface area contributed by atoms with Gasteiger partial charge in [-0.15, -0.1) is 0 Å². The van der Waals surface area contributed by atoms with Gasteiger partial charge in [-0.2, -0.15) is 0 Å². The summed E-state index contributed by atoms with van der Waals surface area (Å²) in [6.45, 7) is 3.54. The number of carbonyl (C=O) groups is 2. The molecule has 1 aliphatic rings. The van der Waals surface area contributed by atoms with Gasteiger partial charge >= 0.3 is 0 Å². The first-order valence-corrected chi connectivity index (χ1v) is 9.65. The maximum atomic E-state index is 12.4. The average Bonchev–Trinajstić information content (AvgIpc) is 3.12. The zero-order valence-electron chi connectivity index (χ0n) is 16.1. The van der Waals surface area contributed by atoms with E-state index in [9.17, 15) is 9.59 Å². The molecular weight excluding hydrogens is 360 g/mol. The summed E-state index contributed by atoms with van der Waals surface area (Å²) in [5.74, 6) is 0.251. The first kappa shape index (κ1) is 19.9. The van der Waals surface area contributed by atoms with Gasteiger partial charge in [-0.25, -0.2) is 4.63 Å². The number of aryl methyl sites for hydroxylation is 2. The summed E-state index contributed by atoms with van der Waals surface area (Å²) in [4.78, 5) is 26.4. The lowest BCUT2D eigenvalue weighted by molar-refractivity contribution is -0.138. The lowest BCUT2D eigenvalue weighted by Gasteiger charge is -2.32. The fourth-order valence-corrected chi connectivity index (χ4v) is 3.28. The van der Waals surface area contributed by atoms with Crippen molar-refractivity contribution in [3.63, 3.8) is 0 Å². The Balaban J connectivity index is 1.38. The van der Waals surface area contributed by atoms with Crippen LogP contribution in [0.25, 0.3) is 0 Å². The van der Waals surface area contributed by atoms with E-state index >= 15 is 0 Å². The fourth-order valence-electron chi connectivity index (χ4n) is 3.28. The van der Waals surface area contributed by atoms with Gasteiger partial charge in [-0.3, -0.25) is 9.59 Å². The highest BCUT2D eigenvalue weighted by atomic mass is 16.6. The highest BCUT2D eigenvalue weighted by Gasteiger charge is 2.29. The number of piperidine rings is 1. The minimum atomic E-state index is -0.176. The molecule has 0 spiro atoms. The molecule has 0 bridgehead atoms. The summed E-state index contributed by atoms with van der Waals surface area (Å²) in [7, 11) is 0. The van der Waals surface area contributed by atoms with Crippen LogP contribution >= 0.6 is 0 Å². The summed E-state index contributed by atoms with van der Waals surface area (Å²) >= 11 is 0. The van der Waals surface area contributed by atoms with Crippen LogP contribution in [0.5, 0.6) is 5.88 Å².